The summed E-state index contributed by atoms with van der Waals surface area (Å²) < 4.78 is 66.9. The van der Waals surface area contributed by atoms with E-state index in [-0.39, 0.29) is 5.56 Å². The van der Waals surface area contributed by atoms with E-state index in [2.05, 4.69) is 17.7 Å². The molecule has 0 radical (unpaired) electrons. The summed E-state index contributed by atoms with van der Waals surface area (Å²) in [5.74, 6) is -2.32. The van der Waals surface area contributed by atoms with E-state index in [9.17, 15) is 67.7 Å². The average molecular weight is 798 g/mol. The molecule has 24 nitrogen and oxygen atoms in total. The first kappa shape index (κ1) is 39.7. The summed E-state index contributed by atoms with van der Waals surface area (Å²) >= 11 is 0. The quantitative estimate of drug-likeness (QED) is 0.0635. The molecule has 0 bridgehead atoms. The van der Waals surface area contributed by atoms with Crippen molar-refractivity contribution in [1.29, 1.82) is 0 Å². The molecule has 4 heterocycles. The molecule has 2 fully saturated rings. The molecular formula is C25H29N4O20P3. The number of hydrogen-bond donors (Lipinski definition) is 8. The molecule has 11 atom stereocenters. The van der Waals surface area contributed by atoms with Crippen molar-refractivity contribution in [1.82, 2.24) is 19.1 Å². The van der Waals surface area contributed by atoms with Crippen LogP contribution >= 0.6 is 23.5 Å². The van der Waals surface area contributed by atoms with Crippen LogP contribution in [-0.2, 0) is 40.8 Å². The molecule has 2 aromatic heterocycles. The fraction of sp³-hybridized carbons (Fsp3) is 0.400. The number of phosphoric ester groups is 2. The molecule has 2 aliphatic heterocycles. The maximum Gasteiger partial charge on any atom is 0.490 e. The Morgan fingerprint density at radius 3 is 1.63 bits per heavy atom. The number of hydrogen-bond acceptors (Lipinski definition) is 17. The van der Waals surface area contributed by atoms with Crippen LogP contribution in [0.1, 0.15) is 22.8 Å². The monoisotopic (exact) mass is 798 g/mol. The molecule has 27 heteroatoms. The van der Waals surface area contributed by atoms with Gasteiger partial charge in [0.2, 0.25) is 0 Å². The number of benzene rings is 1. The average Bonchev–Trinajstić information content (AvgIpc) is 3.52. The zero-order chi connectivity index (χ0) is 38.2. The summed E-state index contributed by atoms with van der Waals surface area (Å²) in [4.78, 5) is 94.6. The van der Waals surface area contributed by atoms with Gasteiger partial charge in [-0.05, 0) is 0 Å². The number of phosphoric acid groups is 3. The van der Waals surface area contributed by atoms with Gasteiger partial charge in [-0.15, -0.1) is 0 Å². The molecule has 52 heavy (non-hydrogen) atoms. The van der Waals surface area contributed by atoms with Gasteiger partial charge in [0.25, 0.3) is 11.1 Å². The number of nitrogens with one attached hydrogen (secondary N) is 2. The summed E-state index contributed by atoms with van der Waals surface area (Å²) in [7, 11) is -17.6. The Bertz CT molecular complexity index is 2170. The van der Waals surface area contributed by atoms with E-state index in [4.69, 9.17) is 9.47 Å². The van der Waals surface area contributed by atoms with Crippen LogP contribution in [0.15, 0.2) is 74.0 Å². The van der Waals surface area contributed by atoms with Crippen molar-refractivity contribution in [3.05, 3.63) is 102 Å². The van der Waals surface area contributed by atoms with E-state index in [1.807, 2.05) is 9.97 Å². The first-order valence-electron chi connectivity index (χ1n) is 14.5. The number of aromatic amines is 2. The lowest BCUT2D eigenvalue weighted by molar-refractivity contribution is -0.0543. The minimum Gasteiger partial charge on any atom is -0.389 e. The van der Waals surface area contributed by atoms with Crippen molar-refractivity contribution in [2.75, 3.05) is 13.2 Å². The van der Waals surface area contributed by atoms with Gasteiger partial charge in [0.15, 0.2) is 18.2 Å². The fourth-order valence-corrected chi connectivity index (χ4v) is 8.73. The Kier molecular flexibility index (Phi) is 11.8. The lowest BCUT2D eigenvalue weighted by Gasteiger charge is -2.21. The molecule has 0 saturated carbocycles. The number of Topliss-reactive ketones (excluding diaryl/α,β-unsaturated/α-hetero) is 1. The zero-order valence-corrected chi connectivity index (χ0v) is 28.5. The third-order valence-electron chi connectivity index (χ3n) is 7.54. The van der Waals surface area contributed by atoms with E-state index < -0.39 is 114 Å². The summed E-state index contributed by atoms with van der Waals surface area (Å²) in [5, 5.41) is 31.5. The molecule has 3 unspecified atom stereocenters. The van der Waals surface area contributed by atoms with Gasteiger partial charge in [0.1, 0.15) is 24.4 Å². The van der Waals surface area contributed by atoms with Gasteiger partial charge in [-0.3, -0.25) is 42.5 Å². The Morgan fingerprint density at radius 1 is 0.673 bits per heavy atom. The molecule has 2 saturated heterocycles. The van der Waals surface area contributed by atoms with Gasteiger partial charge in [0, 0.05) is 30.1 Å². The molecule has 0 amide bonds. The molecule has 8 N–H and O–H groups in total. The first-order chi connectivity index (χ1) is 24.3. The predicted molar refractivity (Wildman–Crippen MR) is 166 cm³/mol. The van der Waals surface area contributed by atoms with Crippen molar-refractivity contribution in [3.63, 3.8) is 0 Å². The van der Waals surface area contributed by atoms with Gasteiger partial charge < -0.3 is 39.5 Å². The number of H-pyrrole nitrogens is 2. The second kappa shape index (κ2) is 15.4. The van der Waals surface area contributed by atoms with Crippen molar-refractivity contribution >= 4 is 29.3 Å². The molecule has 284 valence electrons. The summed E-state index contributed by atoms with van der Waals surface area (Å²) in [6.45, 7) is -2.30. The van der Waals surface area contributed by atoms with Crippen LogP contribution in [0, 0.1) is 5.92 Å². The van der Waals surface area contributed by atoms with Gasteiger partial charge in [-0.1, -0.05) is 30.3 Å². The minimum atomic E-state index is -6.06. The van der Waals surface area contributed by atoms with Crippen LogP contribution in [0.3, 0.4) is 0 Å². The summed E-state index contributed by atoms with van der Waals surface area (Å²) in [5.41, 5.74) is -3.61. The number of carbonyl (C=O) groups excluding carboxylic acids is 1. The molecule has 0 aliphatic carbocycles. The smallest absolute Gasteiger partial charge is 0.389 e. The Morgan fingerprint density at radius 2 is 1.13 bits per heavy atom. The third kappa shape index (κ3) is 9.15. The lowest BCUT2D eigenvalue weighted by atomic mass is 9.90. The molecule has 1 aromatic carbocycles. The standard InChI is InChI=1S/C25H29N4O20P3/c30-15-6-8-28(24(36)26-15)22-17(18(32)12-4-2-1-3-5-12)19(33)13(46-22)10-44-50(38,39)48-52(42,43)49-51(40,41)45-11-14-20(34)21(35)23(47-14)29-9-7-16(31)27-25(29)37/h1-9,13-14,17,19-23,33-35H,10-11H2,(H,38,39)(H,40,41)(H,42,43)(H,26,30,36)(H,27,31,37)/t13-,14-,17-,19-,20-,21-,22+,23-/m1/s1. The van der Waals surface area contributed by atoms with E-state index in [0.29, 0.717) is 4.57 Å². The first-order valence-corrected chi connectivity index (χ1v) is 19.0. The normalized spacial score (nSPS) is 29.6. The van der Waals surface area contributed by atoms with Gasteiger partial charge in [0.05, 0.1) is 25.2 Å². The number of ketones is 1. The fourth-order valence-electron chi connectivity index (χ4n) is 5.21. The van der Waals surface area contributed by atoms with Gasteiger partial charge >= 0.3 is 34.8 Å². The molecular weight excluding hydrogens is 769 g/mol. The van der Waals surface area contributed by atoms with Crippen LogP contribution in [-0.4, -0.2) is 98.6 Å². The number of nitrogens with zero attached hydrogens (tertiary/aromatic N) is 2. The van der Waals surface area contributed by atoms with Crippen LogP contribution in [0.25, 0.3) is 0 Å². The minimum absolute atomic E-state index is 0.0682. The highest BCUT2D eigenvalue weighted by atomic mass is 31.3. The largest absolute Gasteiger partial charge is 0.490 e. The van der Waals surface area contributed by atoms with E-state index in [1.165, 1.54) is 24.3 Å². The van der Waals surface area contributed by atoms with Crippen LogP contribution < -0.4 is 22.5 Å². The summed E-state index contributed by atoms with van der Waals surface area (Å²) in [6.07, 6.45) is -10.3. The number of carbonyl (C=O) groups is 1. The molecule has 0 spiro atoms. The second-order valence-corrected chi connectivity index (χ2v) is 15.7. The Hall–Kier alpha value is -3.54. The number of aliphatic hydroxyl groups is 3. The highest BCUT2D eigenvalue weighted by Crippen LogP contribution is 2.67. The van der Waals surface area contributed by atoms with Gasteiger partial charge in [-0.25, -0.2) is 23.3 Å². The highest BCUT2D eigenvalue weighted by molar-refractivity contribution is 7.66. The highest BCUT2D eigenvalue weighted by Gasteiger charge is 2.51. The van der Waals surface area contributed by atoms with E-state index >= 15 is 0 Å². The summed E-state index contributed by atoms with van der Waals surface area (Å²) in [6, 6.07) is 9.21. The maximum atomic E-state index is 13.4. The number of aliphatic hydroxyl groups excluding tert-OH is 3. The molecule has 3 aromatic rings. The third-order valence-corrected chi connectivity index (χ3v) is 11.8. The van der Waals surface area contributed by atoms with Crippen LogP contribution in [0.4, 0.5) is 0 Å². The maximum absolute atomic E-state index is 13.4. The SMILES string of the molecule is O=C(c1ccccc1)[C@@H]1[C@H](O)[C@@H](COP(=O)(O)OP(=O)(O)OP(=O)(O)OC[C@H]2O[C@@H](n3ccc(=O)[nH]c3=O)[C@H](O)[C@@H]2O)O[C@@H]1n1ccc(=O)[nH]c1=O. The topological polar surface area (TPSA) is 355 Å². The second-order valence-electron chi connectivity index (χ2n) is 11.1. The van der Waals surface area contributed by atoms with E-state index in [0.717, 1.165) is 29.1 Å². The van der Waals surface area contributed by atoms with Crippen molar-refractivity contribution in [3.8, 4) is 0 Å². The van der Waals surface area contributed by atoms with Crippen molar-refractivity contribution < 1.29 is 75.6 Å². The Labute approximate surface area is 288 Å². The van der Waals surface area contributed by atoms with Crippen molar-refractivity contribution in [2.45, 2.75) is 43.0 Å². The van der Waals surface area contributed by atoms with Gasteiger partial charge in [-0.2, -0.15) is 8.62 Å². The number of rotatable bonds is 14. The van der Waals surface area contributed by atoms with Crippen LogP contribution in [0.2, 0.25) is 0 Å². The molecule has 2 aliphatic rings. The number of ether oxygens (including phenoxy) is 2. The number of aromatic nitrogens is 4. The molecule has 5 rings (SSSR count). The lowest BCUT2D eigenvalue weighted by Crippen LogP contribution is -2.38. The Balaban J connectivity index is 1.21. The predicted octanol–water partition coefficient (Wildman–Crippen LogP) is -2.17. The van der Waals surface area contributed by atoms with E-state index in [1.54, 1.807) is 6.07 Å². The van der Waals surface area contributed by atoms with Crippen molar-refractivity contribution in [2.24, 2.45) is 5.92 Å². The zero-order valence-electron chi connectivity index (χ0n) is 25.9. The van der Waals surface area contributed by atoms with Crippen LogP contribution in [0.5, 0.6) is 0 Å².